The zero-order valence-corrected chi connectivity index (χ0v) is 10.7. The van der Waals surface area contributed by atoms with Crippen molar-refractivity contribution in [2.24, 2.45) is 0 Å². The second-order valence-electron chi connectivity index (χ2n) is 2.72. The van der Waals surface area contributed by atoms with E-state index >= 15 is 0 Å². The van der Waals surface area contributed by atoms with Crippen molar-refractivity contribution in [3.63, 3.8) is 0 Å². The fraction of sp³-hybridized carbons (Fsp3) is 0.182. The molecule has 0 aliphatic heterocycles. The van der Waals surface area contributed by atoms with Gasteiger partial charge in [0.2, 0.25) is 0 Å². The van der Waals surface area contributed by atoms with Crippen LogP contribution in [0.1, 0.15) is 16.7 Å². The maximum absolute atomic E-state index is 8.76. The summed E-state index contributed by atoms with van der Waals surface area (Å²) in [5.41, 5.74) is 2.99. The van der Waals surface area contributed by atoms with Gasteiger partial charge in [-0.2, -0.15) is 5.26 Å². The second kappa shape index (κ2) is 6.00. The molecule has 0 bridgehead atoms. The minimum Gasteiger partial charge on any atom is -0.192 e. The van der Waals surface area contributed by atoms with Gasteiger partial charge in [0.1, 0.15) is 0 Å². The monoisotopic (exact) mass is 313 g/mol. The molecule has 1 aromatic carbocycles. The Labute approximate surface area is 101 Å². The average molecular weight is 315 g/mol. The molecule has 1 nitrogen and oxygen atoms in total. The van der Waals surface area contributed by atoms with Gasteiger partial charge >= 0.3 is 0 Å². The third-order valence-electron chi connectivity index (χ3n) is 1.81. The second-order valence-corrected chi connectivity index (χ2v) is 3.92. The van der Waals surface area contributed by atoms with Crippen LogP contribution in [0.4, 0.5) is 0 Å². The molecule has 0 N–H and O–H groups in total. The Bertz CT molecular complexity index is 377. The third kappa shape index (κ3) is 2.97. The number of nitriles is 1. The highest BCUT2D eigenvalue weighted by atomic mass is 79.9. The van der Waals surface area contributed by atoms with Gasteiger partial charge in [-0.05, 0) is 23.3 Å². The number of nitrogens with zero attached hydrogens (tertiary/aromatic N) is 1. The van der Waals surface area contributed by atoms with Crippen molar-refractivity contribution < 1.29 is 0 Å². The molecule has 0 unspecified atom stereocenters. The predicted molar refractivity (Wildman–Crippen MR) is 66.6 cm³/mol. The van der Waals surface area contributed by atoms with E-state index in [-0.39, 0.29) is 0 Å². The van der Waals surface area contributed by atoms with Crippen molar-refractivity contribution in [1.82, 2.24) is 0 Å². The molecule has 0 radical (unpaired) electrons. The lowest BCUT2D eigenvalue weighted by atomic mass is 10.1. The quantitative estimate of drug-likeness (QED) is 0.777. The first-order chi connectivity index (χ1) is 6.81. The molecule has 0 amide bonds. The average Bonchev–Trinajstić information content (AvgIpc) is 2.25. The molecule has 0 spiro atoms. The number of rotatable bonds is 3. The Balaban J connectivity index is 3.10. The first kappa shape index (κ1) is 11.5. The van der Waals surface area contributed by atoms with Crippen molar-refractivity contribution in [1.29, 1.82) is 5.26 Å². The van der Waals surface area contributed by atoms with Crippen molar-refractivity contribution in [2.45, 2.75) is 5.33 Å². The fourth-order valence-corrected chi connectivity index (χ4v) is 1.81. The summed E-state index contributed by atoms with van der Waals surface area (Å²) in [6, 6.07) is 7.84. The number of benzene rings is 1. The number of allylic oxidation sites excluding steroid dienone is 1. The highest BCUT2D eigenvalue weighted by Crippen LogP contribution is 2.16. The molecule has 0 atom stereocenters. The summed E-state index contributed by atoms with van der Waals surface area (Å²) in [7, 11) is 0. The Morgan fingerprint density at radius 1 is 1.36 bits per heavy atom. The minimum absolute atomic E-state index is 0.698. The lowest BCUT2D eigenvalue weighted by Crippen LogP contribution is -1.86. The molecule has 72 valence electrons. The summed E-state index contributed by atoms with van der Waals surface area (Å²) >= 11 is 6.74. The van der Waals surface area contributed by atoms with Crippen LogP contribution in [0.25, 0.3) is 6.08 Å². The van der Waals surface area contributed by atoms with E-state index in [0.717, 1.165) is 16.2 Å². The van der Waals surface area contributed by atoms with E-state index in [4.69, 9.17) is 5.26 Å². The van der Waals surface area contributed by atoms with Crippen LogP contribution < -0.4 is 0 Å². The fourth-order valence-electron chi connectivity index (χ4n) is 1.11. The Kier molecular flexibility index (Phi) is 4.92. The molecule has 3 heteroatoms. The van der Waals surface area contributed by atoms with E-state index in [1.54, 1.807) is 0 Å². The smallest absolute Gasteiger partial charge is 0.0991 e. The Morgan fingerprint density at radius 2 is 2.14 bits per heavy atom. The summed E-state index contributed by atoms with van der Waals surface area (Å²) in [5.74, 6) is 0. The van der Waals surface area contributed by atoms with Gasteiger partial charge in [0.25, 0.3) is 0 Å². The zero-order valence-electron chi connectivity index (χ0n) is 7.50. The van der Waals surface area contributed by atoms with Crippen LogP contribution in [0.5, 0.6) is 0 Å². The van der Waals surface area contributed by atoms with Crippen LogP contribution in [0.2, 0.25) is 0 Å². The van der Waals surface area contributed by atoms with Crippen molar-refractivity contribution in [3.05, 3.63) is 41.0 Å². The van der Waals surface area contributed by atoms with Gasteiger partial charge in [-0.3, -0.25) is 0 Å². The number of hydrogen-bond acceptors (Lipinski definition) is 1. The lowest BCUT2D eigenvalue weighted by molar-refractivity contribution is 1.38. The predicted octanol–water partition coefficient (Wildman–Crippen LogP) is 3.86. The van der Waals surface area contributed by atoms with Crippen LogP contribution in [0.15, 0.2) is 24.3 Å². The third-order valence-corrected chi connectivity index (χ3v) is 2.78. The molecule has 0 aromatic heterocycles. The first-order valence-corrected chi connectivity index (χ1v) is 6.37. The summed E-state index contributed by atoms with van der Waals surface area (Å²) in [6.07, 6.45) is 4.04. The molecule has 1 rings (SSSR count). The van der Waals surface area contributed by atoms with Crippen LogP contribution in [0.3, 0.4) is 0 Å². The van der Waals surface area contributed by atoms with Gasteiger partial charge in [-0.15, -0.1) is 0 Å². The van der Waals surface area contributed by atoms with Crippen molar-refractivity contribution >= 4 is 37.9 Å². The maximum Gasteiger partial charge on any atom is 0.0991 e. The maximum atomic E-state index is 8.76. The first-order valence-electron chi connectivity index (χ1n) is 4.13. The summed E-state index contributed by atoms with van der Waals surface area (Å²) in [4.78, 5) is 0. The molecular weight excluding hydrogens is 306 g/mol. The van der Waals surface area contributed by atoms with Crippen LogP contribution in [-0.2, 0) is 5.33 Å². The normalized spacial score (nSPS) is 10.4. The highest BCUT2D eigenvalue weighted by Gasteiger charge is 1.99. The summed E-state index contributed by atoms with van der Waals surface area (Å²) in [5, 5.41) is 10.4. The van der Waals surface area contributed by atoms with E-state index in [1.165, 1.54) is 5.56 Å². The highest BCUT2D eigenvalue weighted by molar-refractivity contribution is 9.09. The van der Waals surface area contributed by atoms with E-state index in [2.05, 4.69) is 37.9 Å². The summed E-state index contributed by atoms with van der Waals surface area (Å²) < 4.78 is 0. The standard InChI is InChI=1S/C11H9Br2N/c12-5-1-2-10-6-9(8-14)3-4-11(10)7-13/h1-4,6H,5,7H2. The largest absolute Gasteiger partial charge is 0.192 e. The van der Waals surface area contributed by atoms with Gasteiger partial charge in [-0.1, -0.05) is 50.1 Å². The molecule has 0 saturated heterocycles. The molecule has 0 heterocycles. The lowest BCUT2D eigenvalue weighted by Gasteiger charge is -2.02. The Morgan fingerprint density at radius 3 is 2.71 bits per heavy atom. The summed E-state index contributed by atoms with van der Waals surface area (Å²) in [6.45, 7) is 0. The number of alkyl halides is 2. The molecule has 0 saturated carbocycles. The molecule has 1 aromatic rings. The van der Waals surface area contributed by atoms with E-state index in [1.807, 2.05) is 30.4 Å². The van der Waals surface area contributed by atoms with E-state index in [0.29, 0.717) is 5.56 Å². The molecule has 14 heavy (non-hydrogen) atoms. The molecule has 0 aliphatic rings. The number of hydrogen-bond donors (Lipinski definition) is 0. The van der Waals surface area contributed by atoms with Gasteiger partial charge < -0.3 is 0 Å². The van der Waals surface area contributed by atoms with Crippen LogP contribution >= 0.6 is 31.9 Å². The zero-order chi connectivity index (χ0) is 10.4. The molecular formula is C11H9Br2N. The molecule has 0 fully saturated rings. The van der Waals surface area contributed by atoms with E-state index < -0.39 is 0 Å². The van der Waals surface area contributed by atoms with Crippen LogP contribution in [0, 0.1) is 11.3 Å². The van der Waals surface area contributed by atoms with Gasteiger partial charge in [0.05, 0.1) is 11.6 Å². The van der Waals surface area contributed by atoms with Gasteiger partial charge in [-0.25, -0.2) is 0 Å². The van der Waals surface area contributed by atoms with Gasteiger partial charge in [0.15, 0.2) is 0 Å². The SMILES string of the molecule is N#Cc1ccc(CBr)c(C=CCBr)c1. The number of halogens is 2. The molecule has 0 aliphatic carbocycles. The van der Waals surface area contributed by atoms with Crippen LogP contribution in [-0.4, -0.2) is 5.33 Å². The van der Waals surface area contributed by atoms with Crippen molar-refractivity contribution in [3.8, 4) is 6.07 Å². The van der Waals surface area contributed by atoms with Crippen molar-refractivity contribution in [2.75, 3.05) is 5.33 Å². The Hall–Kier alpha value is -0.590. The minimum atomic E-state index is 0.698. The topological polar surface area (TPSA) is 23.8 Å². The van der Waals surface area contributed by atoms with Gasteiger partial charge in [0, 0.05) is 10.7 Å². The van der Waals surface area contributed by atoms with E-state index in [9.17, 15) is 0 Å².